The largest absolute Gasteiger partial charge is 0.381 e. The second-order valence-electron chi connectivity index (χ2n) is 6.37. The van der Waals surface area contributed by atoms with Gasteiger partial charge in [-0.05, 0) is 37.3 Å². The zero-order valence-electron chi connectivity index (χ0n) is 14.6. The van der Waals surface area contributed by atoms with Gasteiger partial charge >= 0.3 is 0 Å². The molecule has 0 aliphatic carbocycles. The molecule has 1 N–H and O–H groups in total. The molecule has 0 radical (unpaired) electrons. The lowest BCUT2D eigenvalue weighted by molar-refractivity contribution is 0.0625. The number of hydrogen-bond donors (Lipinski definition) is 1. The number of imidazole rings is 1. The zero-order valence-corrected chi connectivity index (χ0v) is 14.6. The number of aromatic nitrogens is 2. The van der Waals surface area contributed by atoms with Crippen LogP contribution in [0.15, 0.2) is 35.6 Å². The average Bonchev–Trinajstić information content (AvgIpc) is 3.04. The number of aliphatic imine (C=N–C) groups is 1. The van der Waals surface area contributed by atoms with Crippen molar-refractivity contribution in [2.45, 2.75) is 25.8 Å². The summed E-state index contributed by atoms with van der Waals surface area (Å²) >= 11 is 0. The van der Waals surface area contributed by atoms with Gasteiger partial charge in [0.15, 0.2) is 5.96 Å². The van der Waals surface area contributed by atoms with Gasteiger partial charge in [0.05, 0.1) is 12.2 Å². The fourth-order valence-corrected chi connectivity index (χ4v) is 3.14. The molecule has 1 aliphatic rings. The molecular formula is C18H27N5O. The van der Waals surface area contributed by atoms with Crippen molar-refractivity contribution in [1.29, 1.82) is 0 Å². The molecule has 2 aromatic heterocycles. The molecule has 0 spiro atoms. The van der Waals surface area contributed by atoms with E-state index in [2.05, 4.69) is 33.4 Å². The number of guanidine groups is 1. The summed E-state index contributed by atoms with van der Waals surface area (Å²) in [5.74, 6) is 1.69. The second kappa shape index (κ2) is 8.15. The molecule has 6 heteroatoms. The molecule has 130 valence electrons. The Hall–Kier alpha value is -2.08. The van der Waals surface area contributed by atoms with Crippen LogP contribution in [0.5, 0.6) is 0 Å². The van der Waals surface area contributed by atoms with E-state index in [1.54, 1.807) is 0 Å². The van der Waals surface area contributed by atoms with Crippen molar-refractivity contribution in [3.8, 4) is 0 Å². The third-order valence-corrected chi connectivity index (χ3v) is 4.63. The minimum atomic E-state index is 0.677. The van der Waals surface area contributed by atoms with E-state index in [0.717, 1.165) is 43.0 Å². The van der Waals surface area contributed by atoms with Crippen LogP contribution in [0, 0.1) is 5.92 Å². The highest BCUT2D eigenvalue weighted by Crippen LogP contribution is 2.18. The van der Waals surface area contributed by atoms with Crippen molar-refractivity contribution >= 4 is 11.6 Å². The van der Waals surface area contributed by atoms with E-state index in [-0.39, 0.29) is 0 Å². The number of fused-ring (bicyclic) bond motifs is 1. The van der Waals surface area contributed by atoms with Gasteiger partial charge in [0.1, 0.15) is 5.65 Å². The number of ether oxygens (including phenoxy) is 1. The summed E-state index contributed by atoms with van der Waals surface area (Å²) < 4.78 is 7.47. The highest BCUT2D eigenvalue weighted by atomic mass is 16.5. The molecular weight excluding hydrogens is 302 g/mol. The van der Waals surface area contributed by atoms with Crippen LogP contribution < -0.4 is 5.32 Å². The lowest BCUT2D eigenvalue weighted by Crippen LogP contribution is -2.39. The van der Waals surface area contributed by atoms with Crippen LogP contribution in [0.25, 0.3) is 5.65 Å². The second-order valence-corrected chi connectivity index (χ2v) is 6.37. The Morgan fingerprint density at radius 1 is 1.42 bits per heavy atom. The molecule has 1 fully saturated rings. The van der Waals surface area contributed by atoms with Crippen molar-refractivity contribution in [3.63, 3.8) is 0 Å². The number of nitrogens with zero attached hydrogens (tertiary/aromatic N) is 4. The number of rotatable bonds is 5. The lowest BCUT2D eigenvalue weighted by atomic mass is 9.96. The van der Waals surface area contributed by atoms with Crippen LogP contribution in [-0.2, 0) is 11.3 Å². The average molecular weight is 329 g/mol. The first-order chi connectivity index (χ1) is 11.8. The molecule has 3 heterocycles. The van der Waals surface area contributed by atoms with E-state index in [9.17, 15) is 0 Å². The molecule has 0 saturated carbocycles. The van der Waals surface area contributed by atoms with Crippen molar-refractivity contribution < 1.29 is 4.74 Å². The van der Waals surface area contributed by atoms with E-state index in [1.807, 2.05) is 35.8 Å². The van der Waals surface area contributed by atoms with Gasteiger partial charge in [-0.25, -0.2) is 4.98 Å². The van der Waals surface area contributed by atoms with Crippen LogP contribution in [-0.4, -0.2) is 54.1 Å². The fraction of sp³-hybridized carbons (Fsp3) is 0.556. The van der Waals surface area contributed by atoms with Crippen LogP contribution >= 0.6 is 0 Å². The SMILES string of the molecule is CN=C(NCc1cn2ccccc2n1)N(C)CCC1CCOCC1. The zero-order chi connectivity index (χ0) is 16.8. The van der Waals surface area contributed by atoms with Gasteiger partial charge in [0, 0.05) is 46.2 Å². The lowest BCUT2D eigenvalue weighted by Gasteiger charge is -2.26. The fourth-order valence-electron chi connectivity index (χ4n) is 3.14. The first-order valence-electron chi connectivity index (χ1n) is 8.68. The van der Waals surface area contributed by atoms with Crippen LogP contribution in [0.3, 0.4) is 0 Å². The summed E-state index contributed by atoms with van der Waals surface area (Å²) in [4.78, 5) is 11.2. The maximum absolute atomic E-state index is 5.43. The first-order valence-corrected chi connectivity index (χ1v) is 8.68. The molecule has 0 bridgehead atoms. The predicted octanol–water partition coefficient (Wildman–Crippen LogP) is 2.16. The summed E-state index contributed by atoms with van der Waals surface area (Å²) in [5, 5.41) is 3.41. The molecule has 0 amide bonds. The Kier molecular flexibility index (Phi) is 5.69. The van der Waals surface area contributed by atoms with Crippen LogP contribution in [0.2, 0.25) is 0 Å². The van der Waals surface area contributed by atoms with E-state index < -0.39 is 0 Å². The van der Waals surface area contributed by atoms with Gasteiger partial charge in [-0.3, -0.25) is 4.99 Å². The number of hydrogen-bond acceptors (Lipinski definition) is 3. The molecule has 24 heavy (non-hydrogen) atoms. The molecule has 6 nitrogen and oxygen atoms in total. The van der Waals surface area contributed by atoms with Crippen molar-refractivity contribution in [3.05, 3.63) is 36.3 Å². The summed E-state index contributed by atoms with van der Waals surface area (Å²) in [5.41, 5.74) is 1.98. The minimum absolute atomic E-state index is 0.677. The van der Waals surface area contributed by atoms with Crippen molar-refractivity contribution in [2.75, 3.05) is 33.9 Å². The predicted molar refractivity (Wildman–Crippen MR) is 96.2 cm³/mol. The molecule has 0 unspecified atom stereocenters. The van der Waals surface area contributed by atoms with Gasteiger partial charge in [-0.1, -0.05) is 6.07 Å². The Balaban J connectivity index is 1.50. The summed E-state index contributed by atoms with van der Waals surface area (Å²) in [6.45, 7) is 3.51. The van der Waals surface area contributed by atoms with Crippen LogP contribution in [0.1, 0.15) is 25.0 Å². The van der Waals surface area contributed by atoms with E-state index >= 15 is 0 Å². The summed E-state index contributed by atoms with van der Waals surface area (Å²) in [6.07, 6.45) is 7.62. The molecule has 0 aromatic carbocycles. The third-order valence-electron chi connectivity index (χ3n) is 4.63. The summed E-state index contributed by atoms with van der Waals surface area (Å²) in [6, 6.07) is 6.02. The van der Waals surface area contributed by atoms with Crippen molar-refractivity contribution in [2.24, 2.45) is 10.9 Å². The van der Waals surface area contributed by atoms with Crippen LogP contribution in [0.4, 0.5) is 0 Å². The Bertz CT molecular complexity index is 642. The monoisotopic (exact) mass is 329 g/mol. The van der Waals surface area contributed by atoms with Crippen molar-refractivity contribution in [1.82, 2.24) is 19.6 Å². The summed E-state index contributed by atoms with van der Waals surface area (Å²) in [7, 11) is 3.93. The highest BCUT2D eigenvalue weighted by Gasteiger charge is 2.15. The quantitative estimate of drug-likeness (QED) is 0.675. The van der Waals surface area contributed by atoms with E-state index in [1.165, 1.54) is 19.3 Å². The normalized spacial score (nSPS) is 16.5. The van der Waals surface area contributed by atoms with Gasteiger partial charge in [-0.15, -0.1) is 0 Å². The van der Waals surface area contributed by atoms with E-state index in [4.69, 9.17) is 4.74 Å². The smallest absolute Gasteiger partial charge is 0.193 e. The molecule has 1 saturated heterocycles. The maximum Gasteiger partial charge on any atom is 0.193 e. The van der Waals surface area contributed by atoms with Gasteiger partial charge in [0.2, 0.25) is 0 Å². The Labute approximate surface area is 143 Å². The minimum Gasteiger partial charge on any atom is -0.381 e. The standard InChI is InChI=1S/C18H27N5O/c1-19-18(22(2)10-6-15-7-11-24-12-8-15)20-13-16-14-23-9-4-3-5-17(23)21-16/h3-5,9,14-15H,6-8,10-13H2,1-2H3,(H,19,20). The third kappa shape index (κ3) is 4.26. The number of nitrogens with one attached hydrogen (secondary N) is 1. The number of pyridine rings is 1. The topological polar surface area (TPSA) is 54.2 Å². The Morgan fingerprint density at radius 2 is 2.25 bits per heavy atom. The maximum atomic E-state index is 5.43. The molecule has 2 aromatic rings. The van der Waals surface area contributed by atoms with E-state index in [0.29, 0.717) is 6.54 Å². The highest BCUT2D eigenvalue weighted by molar-refractivity contribution is 5.79. The first kappa shape index (κ1) is 16.8. The van der Waals surface area contributed by atoms with Gasteiger partial charge in [-0.2, -0.15) is 0 Å². The van der Waals surface area contributed by atoms with Gasteiger partial charge < -0.3 is 19.4 Å². The van der Waals surface area contributed by atoms with Gasteiger partial charge in [0.25, 0.3) is 0 Å². The Morgan fingerprint density at radius 3 is 3.00 bits per heavy atom. The molecule has 0 atom stereocenters. The molecule has 1 aliphatic heterocycles. The molecule has 3 rings (SSSR count).